The van der Waals surface area contributed by atoms with Crippen molar-refractivity contribution in [3.05, 3.63) is 35.4 Å². The normalized spacial score (nSPS) is 17.6. The number of alkyl halides is 3. The lowest BCUT2D eigenvalue weighted by atomic mass is 10.0. The van der Waals surface area contributed by atoms with E-state index in [1.165, 1.54) is 31.4 Å². The number of esters is 1. The molecule has 1 aromatic carbocycles. The first-order chi connectivity index (χ1) is 7.90. The molecule has 0 aliphatic carbocycles. The maximum atomic E-state index is 12.7. The molecule has 17 heavy (non-hydrogen) atoms. The first kappa shape index (κ1) is 11.9. The highest BCUT2D eigenvalue weighted by Crippen LogP contribution is 2.41. The van der Waals surface area contributed by atoms with Crippen molar-refractivity contribution < 1.29 is 22.7 Å². The molecular weight excluding hydrogens is 237 g/mol. The van der Waals surface area contributed by atoms with E-state index in [0.29, 0.717) is 0 Å². The van der Waals surface area contributed by atoms with E-state index in [1.807, 2.05) is 0 Å². The van der Waals surface area contributed by atoms with Gasteiger partial charge in [-0.1, -0.05) is 12.1 Å². The van der Waals surface area contributed by atoms with Crippen LogP contribution in [0.1, 0.15) is 15.9 Å². The van der Waals surface area contributed by atoms with E-state index in [4.69, 9.17) is 0 Å². The number of halogens is 3. The first-order valence-electron chi connectivity index (χ1n) is 4.70. The minimum atomic E-state index is -4.44. The molecule has 7 heteroatoms. The van der Waals surface area contributed by atoms with Crippen molar-refractivity contribution in [2.75, 3.05) is 7.11 Å². The molecule has 1 saturated heterocycles. The maximum absolute atomic E-state index is 12.7. The molecule has 2 N–H and O–H groups in total. The summed E-state index contributed by atoms with van der Waals surface area (Å²) in [6, 6.07) is 5.03. The van der Waals surface area contributed by atoms with Crippen molar-refractivity contribution in [1.29, 1.82) is 0 Å². The number of ether oxygens (including phenoxy) is 1. The number of methoxy groups -OCH3 is 1. The zero-order valence-electron chi connectivity index (χ0n) is 8.76. The lowest BCUT2D eigenvalue weighted by Crippen LogP contribution is -2.34. The summed E-state index contributed by atoms with van der Waals surface area (Å²) in [7, 11) is 1.21. The molecule has 0 aromatic heterocycles. The standard InChI is InChI=1S/C10H9F3N2O2/c1-17-8(16)6-2-4-7(5-3-6)9(14-15-9)10(11,12)13/h2-5,14-15H,1H3. The predicted octanol–water partition coefficient (Wildman–Crippen LogP) is 1.30. The lowest BCUT2D eigenvalue weighted by molar-refractivity contribution is -0.165. The fourth-order valence-electron chi connectivity index (χ4n) is 1.49. The second-order valence-electron chi connectivity index (χ2n) is 3.57. The minimum Gasteiger partial charge on any atom is -0.465 e. The van der Waals surface area contributed by atoms with Crippen LogP contribution in [0, 0.1) is 0 Å². The van der Waals surface area contributed by atoms with E-state index in [9.17, 15) is 18.0 Å². The zero-order chi connectivity index (χ0) is 12.7. The van der Waals surface area contributed by atoms with Crippen LogP contribution in [-0.4, -0.2) is 19.3 Å². The molecule has 1 aromatic rings. The molecule has 0 saturated carbocycles. The Labute approximate surface area is 94.7 Å². The fourth-order valence-corrected chi connectivity index (χ4v) is 1.49. The summed E-state index contributed by atoms with van der Waals surface area (Å²) in [6.45, 7) is 0. The van der Waals surface area contributed by atoms with Crippen molar-refractivity contribution in [3.8, 4) is 0 Å². The van der Waals surface area contributed by atoms with Gasteiger partial charge in [-0.05, 0) is 17.7 Å². The van der Waals surface area contributed by atoms with Crippen molar-refractivity contribution in [2.24, 2.45) is 0 Å². The third-order valence-corrected chi connectivity index (χ3v) is 2.54. The van der Waals surface area contributed by atoms with Crippen LogP contribution in [0.4, 0.5) is 13.2 Å². The molecule has 1 aliphatic rings. The number of carbonyl (C=O) groups excluding carboxylic acids is 1. The molecule has 0 spiro atoms. The SMILES string of the molecule is COC(=O)c1ccc(C2(C(F)(F)F)NN2)cc1. The quantitative estimate of drug-likeness (QED) is 0.609. The van der Waals surface area contributed by atoms with Gasteiger partial charge >= 0.3 is 12.1 Å². The van der Waals surface area contributed by atoms with Gasteiger partial charge in [0.05, 0.1) is 12.7 Å². The highest BCUT2D eigenvalue weighted by molar-refractivity contribution is 5.89. The highest BCUT2D eigenvalue weighted by Gasteiger charge is 2.65. The lowest BCUT2D eigenvalue weighted by Gasteiger charge is -2.16. The Morgan fingerprint density at radius 3 is 2.12 bits per heavy atom. The molecule has 0 bridgehead atoms. The number of hydrogen-bond acceptors (Lipinski definition) is 4. The molecule has 1 heterocycles. The van der Waals surface area contributed by atoms with Crippen LogP contribution in [0.3, 0.4) is 0 Å². The molecule has 4 nitrogen and oxygen atoms in total. The first-order valence-corrected chi connectivity index (χ1v) is 4.70. The second-order valence-corrected chi connectivity index (χ2v) is 3.57. The average Bonchev–Trinajstić information content (AvgIpc) is 3.08. The number of hydrazine groups is 1. The third kappa shape index (κ3) is 1.87. The summed E-state index contributed by atoms with van der Waals surface area (Å²) < 4.78 is 42.5. The number of nitrogens with one attached hydrogen (secondary N) is 2. The highest BCUT2D eigenvalue weighted by atomic mass is 19.4. The van der Waals surface area contributed by atoms with E-state index in [-0.39, 0.29) is 11.1 Å². The van der Waals surface area contributed by atoms with Crippen LogP contribution >= 0.6 is 0 Å². The average molecular weight is 246 g/mol. The molecule has 1 fully saturated rings. The Hall–Kier alpha value is -1.60. The van der Waals surface area contributed by atoms with Crippen molar-refractivity contribution in [2.45, 2.75) is 11.8 Å². The number of rotatable bonds is 2. The molecule has 0 atom stereocenters. The fraction of sp³-hybridized carbons (Fsp3) is 0.300. The predicted molar refractivity (Wildman–Crippen MR) is 51.8 cm³/mol. The van der Waals surface area contributed by atoms with Gasteiger partial charge in [-0.15, -0.1) is 0 Å². The van der Waals surface area contributed by atoms with Crippen LogP contribution in [-0.2, 0) is 10.4 Å². The molecular formula is C10H9F3N2O2. The summed E-state index contributed by atoms with van der Waals surface area (Å²) in [4.78, 5) is 11.1. The van der Waals surface area contributed by atoms with Crippen LogP contribution in [0.25, 0.3) is 0 Å². The largest absolute Gasteiger partial charge is 0.465 e. The molecule has 92 valence electrons. The summed E-state index contributed by atoms with van der Waals surface area (Å²) in [6.07, 6.45) is -4.44. The summed E-state index contributed by atoms with van der Waals surface area (Å²) in [5.74, 6) is -0.589. The molecule has 2 rings (SSSR count). The van der Waals surface area contributed by atoms with Gasteiger partial charge in [-0.3, -0.25) is 0 Å². The van der Waals surface area contributed by atoms with E-state index >= 15 is 0 Å². The Morgan fingerprint density at radius 1 is 1.24 bits per heavy atom. The van der Waals surface area contributed by atoms with E-state index in [1.54, 1.807) is 0 Å². The number of carbonyl (C=O) groups is 1. The summed E-state index contributed by atoms with van der Waals surface area (Å²) >= 11 is 0. The van der Waals surface area contributed by atoms with Gasteiger partial charge in [0.1, 0.15) is 0 Å². The Balaban J connectivity index is 2.28. The Kier molecular flexibility index (Phi) is 2.59. The molecule has 1 aliphatic heterocycles. The van der Waals surface area contributed by atoms with Crippen LogP contribution in [0.5, 0.6) is 0 Å². The smallest absolute Gasteiger partial charge is 0.426 e. The van der Waals surface area contributed by atoms with E-state index < -0.39 is 17.8 Å². The second kappa shape index (κ2) is 3.71. The Morgan fingerprint density at radius 2 is 1.76 bits per heavy atom. The topological polar surface area (TPSA) is 70.2 Å². The molecule has 0 radical (unpaired) electrons. The van der Waals surface area contributed by atoms with Gasteiger partial charge < -0.3 is 4.74 Å². The van der Waals surface area contributed by atoms with Gasteiger partial charge in [0, 0.05) is 0 Å². The van der Waals surface area contributed by atoms with Crippen molar-refractivity contribution in [1.82, 2.24) is 10.9 Å². The minimum absolute atomic E-state index is 0.00217. The van der Waals surface area contributed by atoms with E-state index in [0.717, 1.165) is 0 Å². The van der Waals surface area contributed by atoms with Gasteiger partial charge in [-0.25, -0.2) is 15.6 Å². The van der Waals surface area contributed by atoms with Gasteiger partial charge in [0.15, 0.2) is 0 Å². The monoisotopic (exact) mass is 246 g/mol. The van der Waals surface area contributed by atoms with Crippen LogP contribution in [0.15, 0.2) is 24.3 Å². The van der Waals surface area contributed by atoms with Crippen LogP contribution in [0.2, 0.25) is 0 Å². The molecule has 0 amide bonds. The third-order valence-electron chi connectivity index (χ3n) is 2.54. The maximum Gasteiger partial charge on any atom is 0.426 e. The Bertz CT molecular complexity index is 438. The zero-order valence-corrected chi connectivity index (χ0v) is 8.76. The number of hydrogen-bond donors (Lipinski definition) is 2. The summed E-state index contributed by atoms with van der Waals surface area (Å²) in [5, 5.41) is 0. The van der Waals surface area contributed by atoms with Gasteiger partial charge in [0.2, 0.25) is 5.66 Å². The van der Waals surface area contributed by atoms with Crippen molar-refractivity contribution >= 4 is 5.97 Å². The summed E-state index contributed by atoms with van der Waals surface area (Å²) in [5.41, 5.74) is 2.16. The van der Waals surface area contributed by atoms with Crippen molar-refractivity contribution in [3.63, 3.8) is 0 Å². The van der Waals surface area contributed by atoms with Crippen LogP contribution < -0.4 is 10.9 Å². The van der Waals surface area contributed by atoms with Gasteiger partial charge in [0.25, 0.3) is 0 Å². The van der Waals surface area contributed by atoms with Gasteiger partial charge in [-0.2, -0.15) is 13.2 Å². The number of benzene rings is 1. The van der Waals surface area contributed by atoms with E-state index in [2.05, 4.69) is 15.6 Å². The molecule has 0 unspecified atom stereocenters.